The lowest BCUT2D eigenvalue weighted by Gasteiger charge is -2.48. The van der Waals surface area contributed by atoms with Crippen molar-refractivity contribution in [1.82, 2.24) is 24.2 Å². The van der Waals surface area contributed by atoms with Crippen LogP contribution in [0.25, 0.3) is 22.1 Å². The molecule has 9 heteroatoms. The fourth-order valence-electron chi connectivity index (χ4n) is 5.17. The molecule has 1 aromatic carbocycles. The molecule has 4 heterocycles. The van der Waals surface area contributed by atoms with Gasteiger partial charge in [0, 0.05) is 44.3 Å². The third kappa shape index (κ3) is 3.64. The first kappa shape index (κ1) is 22.2. The zero-order valence-electron chi connectivity index (χ0n) is 20.0. The highest BCUT2D eigenvalue weighted by Gasteiger charge is 2.35. The predicted octanol–water partition coefficient (Wildman–Crippen LogP) is 3.45. The van der Waals surface area contributed by atoms with E-state index in [9.17, 15) is 4.79 Å². The Kier molecular flexibility index (Phi) is 5.62. The maximum atomic E-state index is 12.8. The van der Waals surface area contributed by atoms with E-state index >= 15 is 0 Å². The largest absolute Gasteiger partial charge is 0.443 e. The second-order valence-electron chi connectivity index (χ2n) is 9.16. The topological polar surface area (TPSA) is 96.1 Å². The number of piperazine rings is 1. The van der Waals surface area contributed by atoms with Gasteiger partial charge in [0.2, 0.25) is 0 Å². The number of oxazole rings is 1. The van der Waals surface area contributed by atoms with Gasteiger partial charge < -0.3 is 13.9 Å². The van der Waals surface area contributed by atoms with Gasteiger partial charge in [0.25, 0.3) is 5.56 Å². The molecule has 1 fully saturated rings. The van der Waals surface area contributed by atoms with Gasteiger partial charge in [-0.05, 0) is 38.0 Å². The molecule has 3 atom stereocenters. The molecule has 0 amide bonds. The zero-order chi connectivity index (χ0) is 24.0. The lowest BCUT2D eigenvalue weighted by atomic mass is 9.98. The van der Waals surface area contributed by atoms with Gasteiger partial charge in [-0.2, -0.15) is 10.4 Å². The summed E-state index contributed by atoms with van der Waals surface area (Å²) in [4.78, 5) is 21.9. The van der Waals surface area contributed by atoms with Crippen LogP contribution in [0.5, 0.6) is 0 Å². The van der Waals surface area contributed by atoms with E-state index in [0.717, 1.165) is 47.3 Å². The Morgan fingerprint density at radius 3 is 2.88 bits per heavy atom. The highest BCUT2D eigenvalue weighted by molar-refractivity contribution is 5.88. The fraction of sp³-hybridized carbons (Fsp3) is 0.440. The van der Waals surface area contributed by atoms with Crippen LogP contribution in [-0.2, 0) is 13.6 Å². The molecular weight excluding hydrogens is 430 g/mol. The Bertz CT molecular complexity index is 1440. The Morgan fingerprint density at radius 2 is 2.12 bits per heavy atom. The Morgan fingerprint density at radius 1 is 1.29 bits per heavy atom. The molecule has 3 aromatic heterocycles. The molecule has 5 rings (SSSR count). The summed E-state index contributed by atoms with van der Waals surface area (Å²) in [7, 11) is 1.75. The summed E-state index contributed by atoms with van der Waals surface area (Å²) >= 11 is 0. The van der Waals surface area contributed by atoms with Crippen LogP contribution < -0.4 is 10.5 Å². The molecule has 176 valence electrons. The van der Waals surface area contributed by atoms with Crippen LogP contribution in [0.4, 0.5) is 5.69 Å². The Labute approximate surface area is 197 Å². The number of nitriles is 1. The number of hydrogen-bond acceptors (Lipinski definition) is 7. The normalized spacial score (nSPS) is 20.1. The maximum Gasteiger partial charge on any atom is 0.252 e. The van der Waals surface area contributed by atoms with Crippen LogP contribution in [0.15, 0.2) is 46.1 Å². The average molecular weight is 460 g/mol. The minimum Gasteiger partial charge on any atom is -0.443 e. The minimum absolute atomic E-state index is 0.0737. The number of anilines is 1. The summed E-state index contributed by atoms with van der Waals surface area (Å²) in [6.45, 7) is 8.43. The average Bonchev–Trinajstić information content (AvgIpc) is 3.48. The van der Waals surface area contributed by atoms with Crippen molar-refractivity contribution in [2.75, 3.05) is 18.0 Å². The number of fused-ring (bicyclic) bond motifs is 2. The molecule has 0 N–H and O–H groups in total. The van der Waals surface area contributed by atoms with E-state index in [4.69, 9.17) is 9.68 Å². The van der Waals surface area contributed by atoms with E-state index in [1.54, 1.807) is 28.6 Å². The summed E-state index contributed by atoms with van der Waals surface area (Å²) in [5.74, 6) is 0. The third-order valence-corrected chi connectivity index (χ3v) is 7.17. The zero-order valence-corrected chi connectivity index (χ0v) is 20.0. The molecule has 0 bridgehead atoms. The minimum atomic E-state index is -0.0737. The van der Waals surface area contributed by atoms with Crippen LogP contribution >= 0.6 is 0 Å². The van der Waals surface area contributed by atoms with E-state index in [1.807, 2.05) is 6.07 Å². The number of benzene rings is 1. The van der Waals surface area contributed by atoms with Crippen molar-refractivity contribution in [2.24, 2.45) is 7.05 Å². The number of nitrogens with zero attached hydrogens (tertiary/aromatic N) is 7. The van der Waals surface area contributed by atoms with Gasteiger partial charge in [-0.3, -0.25) is 14.4 Å². The second kappa shape index (κ2) is 8.61. The molecule has 1 saturated heterocycles. The van der Waals surface area contributed by atoms with Gasteiger partial charge in [0.15, 0.2) is 12.0 Å². The highest BCUT2D eigenvalue weighted by Crippen LogP contribution is 2.34. The predicted molar refractivity (Wildman–Crippen MR) is 131 cm³/mol. The van der Waals surface area contributed by atoms with Gasteiger partial charge in [0.05, 0.1) is 23.5 Å². The van der Waals surface area contributed by atoms with Crippen molar-refractivity contribution in [3.8, 4) is 6.07 Å². The molecule has 4 aromatic rings. The first-order valence-electron chi connectivity index (χ1n) is 11.7. The lowest BCUT2D eigenvalue weighted by Crippen LogP contribution is -2.58. The van der Waals surface area contributed by atoms with Gasteiger partial charge in [-0.1, -0.05) is 13.0 Å². The third-order valence-electron chi connectivity index (χ3n) is 7.17. The van der Waals surface area contributed by atoms with E-state index in [0.29, 0.717) is 6.04 Å². The number of hydrogen-bond donors (Lipinski definition) is 0. The fourth-order valence-corrected chi connectivity index (χ4v) is 5.17. The summed E-state index contributed by atoms with van der Waals surface area (Å²) in [5, 5.41) is 13.8. The highest BCUT2D eigenvalue weighted by atomic mass is 16.3. The number of aromatic nitrogens is 4. The van der Waals surface area contributed by atoms with Crippen molar-refractivity contribution in [2.45, 2.75) is 51.9 Å². The van der Waals surface area contributed by atoms with Crippen molar-refractivity contribution < 1.29 is 4.42 Å². The number of aryl methyl sites for hydroxylation is 1. The molecule has 1 unspecified atom stereocenters. The van der Waals surface area contributed by atoms with E-state index in [2.05, 4.69) is 58.9 Å². The SMILES string of the molecule is CC[C@@H]1CN(c2cc(=O)n(C)c3cn(CC#N)nc23)[C@@H](C)CN1C(C)c1ccc2ncoc2c1. The maximum absolute atomic E-state index is 12.8. The van der Waals surface area contributed by atoms with Crippen molar-refractivity contribution in [1.29, 1.82) is 5.26 Å². The first-order valence-corrected chi connectivity index (χ1v) is 11.7. The van der Waals surface area contributed by atoms with Crippen LogP contribution in [0.3, 0.4) is 0 Å². The second-order valence-corrected chi connectivity index (χ2v) is 9.16. The lowest BCUT2D eigenvalue weighted by molar-refractivity contribution is 0.106. The molecule has 0 spiro atoms. The molecule has 1 aliphatic heterocycles. The molecule has 9 nitrogen and oxygen atoms in total. The van der Waals surface area contributed by atoms with Crippen LogP contribution in [0, 0.1) is 11.3 Å². The van der Waals surface area contributed by atoms with E-state index in [1.165, 1.54) is 12.0 Å². The molecule has 34 heavy (non-hydrogen) atoms. The van der Waals surface area contributed by atoms with Crippen molar-refractivity contribution >= 4 is 27.8 Å². The van der Waals surface area contributed by atoms with Gasteiger partial charge >= 0.3 is 0 Å². The van der Waals surface area contributed by atoms with Gasteiger partial charge in [-0.15, -0.1) is 0 Å². The summed E-state index contributed by atoms with van der Waals surface area (Å²) in [5.41, 5.74) is 5.15. The quantitative estimate of drug-likeness (QED) is 0.451. The monoisotopic (exact) mass is 459 g/mol. The summed E-state index contributed by atoms with van der Waals surface area (Å²) in [6.07, 6.45) is 4.25. The van der Waals surface area contributed by atoms with Gasteiger partial charge in [-0.25, -0.2) is 4.98 Å². The van der Waals surface area contributed by atoms with Crippen molar-refractivity contribution in [3.05, 3.63) is 52.8 Å². The van der Waals surface area contributed by atoms with Crippen LogP contribution in [0.1, 0.15) is 38.8 Å². The Hall–Kier alpha value is -3.64. The molecule has 0 saturated carbocycles. The van der Waals surface area contributed by atoms with Gasteiger partial charge in [0.1, 0.15) is 17.6 Å². The summed E-state index contributed by atoms with van der Waals surface area (Å²) < 4.78 is 8.73. The van der Waals surface area contributed by atoms with Crippen molar-refractivity contribution in [3.63, 3.8) is 0 Å². The Balaban J connectivity index is 1.48. The van der Waals surface area contributed by atoms with Crippen LogP contribution in [0.2, 0.25) is 0 Å². The summed E-state index contributed by atoms with van der Waals surface area (Å²) in [6, 6.07) is 10.7. The molecule has 0 aliphatic carbocycles. The molecule has 0 radical (unpaired) electrons. The van der Waals surface area contributed by atoms with Crippen LogP contribution in [-0.4, -0.2) is 49.4 Å². The van der Waals surface area contributed by atoms with E-state index in [-0.39, 0.29) is 24.2 Å². The molecule has 1 aliphatic rings. The molecular formula is C25H29N7O2. The van der Waals surface area contributed by atoms with E-state index < -0.39 is 0 Å². The number of pyridine rings is 1. The smallest absolute Gasteiger partial charge is 0.252 e. The first-order chi connectivity index (χ1) is 16.4. The standard InChI is InChI=1S/C25H29N7O2/c1-5-19-13-31(21-11-24(33)29(4)22-14-30(9-8-26)28-25(21)22)16(2)12-32(19)17(3)18-6-7-20-23(10-18)34-15-27-20/h6-7,10-11,14-17,19H,5,9,12-13H2,1-4H3/t16-,17?,19+/m0/s1. The number of rotatable bonds is 5.